The first-order chi connectivity index (χ1) is 10.1. The Morgan fingerprint density at radius 1 is 1.10 bits per heavy atom. The lowest BCUT2D eigenvalue weighted by Gasteiger charge is -2.44. The molecule has 0 aliphatic carbocycles. The van der Waals surface area contributed by atoms with Gasteiger partial charge in [0.2, 0.25) is 0 Å². The van der Waals surface area contributed by atoms with Crippen LogP contribution in [0, 0.1) is 19.8 Å². The maximum atomic E-state index is 6.23. The number of nitrogens with zero attached hydrogens (tertiary/aromatic N) is 1. The summed E-state index contributed by atoms with van der Waals surface area (Å²) in [4.78, 5) is 2.70. The minimum absolute atomic E-state index is 0.690. The summed E-state index contributed by atoms with van der Waals surface area (Å²) in [6.45, 7) is 7.62. The molecule has 2 atom stereocenters. The molecule has 0 saturated carbocycles. The monoisotopic (exact) mass is 288 g/mol. The minimum Gasteiger partial charge on any atom is -0.493 e. The first-order valence-electron chi connectivity index (χ1n) is 8.38. The lowest BCUT2D eigenvalue weighted by atomic mass is 9.84. The van der Waals surface area contributed by atoms with Gasteiger partial charge in [0.25, 0.3) is 0 Å². The van der Waals surface area contributed by atoms with Crippen LogP contribution in [0.25, 0.3) is 0 Å². The molecule has 2 aliphatic rings. The number of hydrogen-bond acceptors (Lipinski definition) is 3. The number of piperidine rings is 2. The molecule has 3 rings (SSSR count). The molecule has 0 spiro atoms. The summed E-state index contributed by atoms with van der Waals surface area (Å²) in [5.41, 5.74) is 9.03. The van der Waals surface area contributed by atoms with Gasteiger partial charge < -0.3 is 10.5 Å². The van der Waals surface area contributed by atoms with Crippen LogP contribution in [-0.4, -0.2) is 30.6 Å². The number of hydrogen-bond donors (Lipinski definition) is 1. The molecular formula is C18H28N2O. The number of nitrogen functional groups attached to an aromatic ring is 1. The fourth-order valence-electron chi connectivity index (χ4n) is 4.17. The van der Waals surface area contributed by atoms with Crippen LogP contribution in [0.3, 0.4) is 0 Å². The third-order valence-corrected chi connectivity index (χ3v) is 5.15. The van der Waals surface area contributed by atoms with Gasteiger partial charge in [0.1, 0.15) is 5.75 Å². The van der Waals surface area contributed by atoms with E-state index in [9.17, 15) is 0 Å². The van der Waals surface area contributed by atoms with Gasteiger partial charge in [-0.1, -0.05) is 6.42 Å². The Labute approximate surface area is 128 Å². The van der Waals surface area contributed by atoms with Crippen molar-refractivity contribution in [3.05, 3.63) is 23.3 Å². The molecule has 0 aromatic heterocycles. The fraction of sp³-hybridized carbons (Fsp3) is 0.667. The quantitative estimate of drug-likeness (QED) is 0.865. The standard InChI is InChI=1S/C18H28N2O/c1-13-10-16(19)11-14(2)18(13)21-12-15-6-5-9-20-8-4-3-7-17(15)20/h10-11,15,17H,3-9,12,19H2,1-2H3/t15-,17-/m1/s1. The maximum Gasteiger partial charge on any atom is 0.125 e. The highest BCUT2D eigenvalue weighted by Crippen LogP contribution is 2.32. The molecule has 0 bridgehead atoms. The van der Waals surface area contributed by atoms with E-state index in [1.54, 1.807) is 0 Å². The van der Waals surface area contributed by atoms with Gasteiger partial charge in [-0.15, -0.1) is 0 Å². The van der Waals surface area contributed by atoms with Crippen molar-refractivity contribution >= 4 is 5.69 Å². The van der Waals surface area contributed by atoms with Crippen molar-refractivity contribution in [1.29, 1.82) is 0 Å². The van der Waals surface area contributed by atoms with Crippen molar-refractivity contribution in [2.75, 3.05) is 25.4 Å². The highest BCUT2D eigenvalue weighted by atomic mass is 16.5. The van der Waals surface area contributed by atoms with Gasteiger partial charge in [-0.25, -0.2) is 0 Å². The number of aryl methyl sites for hydroxylation is 2. The van der Waals surface area contributed by atoms with Gasteiger partial charge >= 0.3 is 0 Å². The molecular weight excluding hydrogens is 260 g/mol. The first kappa shape index (κ1) is 14.7. The number of benzene rings is 1. The van der Waals surface area contributed by atoms with Gasteiger partial charge in [-0.3, -0.25) is 4.90 Å². The van der Waals surface area contributed by atoms with Gasteiger partial charge in [0.15, 0.2) is 0 Å². The summed E-state index contributed by atoms with van der Waals surface area (Å²) in [7, 11) is 0. The molecule has 0 unspecified atom stereocenters. The van der Waals surface area contributed by atoms with Crippen LogP contribution in [0.2, 0.25) is 0 Å². The van der Waals surface area contributed by atoms with Crippen LogP contribution < -0.4 is 10.5 Å². The highest BCUT2D eigenvalue weighted by molar-refractivity contribution is 5.52. The molecule has 3 heteroatoms. The van der Waals surface area contributed by atoms with Crippen LogP contribution in [0.1, 0.15) is 43.2 Å². The Hall–Kier alpha value is -1.22. The zero-order valence-corrected chi connectivity index (χ0v) is 13.4. The summed E-state index contributed by atoms with van der Waals surface area (Å²) in [5, 5.41) is 0. The third kappa shape index (κ3) is 3.18. The topological polar surface area (TPSA) is 38.5 Å². The van der Waals surface area contributed by atoms with E-state index >= 15 is 0 Å². The number of anilines is 1. The second-order valence-corrected chi connectivity index (χ2v) is 6.80. The zero-order valence-electron chi connectivity index (χ0n) is 13.4. The molecule has 2 heterocycles. The molecule has 3 nitrogen and oxygen atoms in total. The number of rotatable bonds is 3. The van der Waals surface area contributed by atoms with E-state index in [0.717, 1.165) is 35.2 Å². The summed E-state index contributed by atoms with van der Waals surface area (Å²) < 4.78 is 6.23. The predicted octanol–water partition coefficient (Wildman–Crippen LogP) is 3.53. The Bertz CT molecular complexity index is 475. The number of nitrogens with two attached hydrogens (primary N) is 1. The number of fused-ring (bicyclic) bond motifs is 1. The van der Waals surface area contributed by atoms with Crippen LogP contribution in [-0.2, 0) is 0 Å². The summed E-state index contributed by atoms with van der Waals surface area (Å²) >= 11 is 0. The normalized spacial score (nSPS) is 26.4. The smallest absolute Gasteiger partial charge is 0.125 e. The average molecular weight is 288 g/mol. The molecule has 2 saturated heterocycles. The van der Waals surface area contributed by atoms with E-state index in [-0.39, 0.29) is 0 Å². The summed E-state index contributed by atoms with van der Waals surface area (Å²) in [5.74, 6) is 1.73. The fourth-order valence-corrected chi connectivity index (χ4v) is 4.17. The van der Waals surface area contributed by atoms with E-state index in [1.165, 1.54) is 45.2 Å². The second kappa shape index (κ2) is 6.27. The molecule has 1 aromatic carbocycles. The van der Waals surface area contributed by atoms with Gasteiger partial charge in [0.05, 0.1) is 6.61 Å². The zero-order chi connectivity index (χ0) is 14.8. The van der Waals surface area contributed by atoms with Crippen LogP contribution in [0.15, 0.2) is 12.1 Å². The largest absolute Gasteiger partial charge is 0.493 e. The highest BCUT2D eigenvalue weighted by Gasteiger charge is 2.33. The maximum absolute atomic E-state index is 6.23. The van der Waals surface area contributed by atoms with Crippen LogP contribution in [0.4, 0.5) is 5.69 Å². The van der Waals surface area contributed by atoms with E-state index < -0.39 is 0 Å². The molecule has 21 heavy (non-hydrogen) atoms. The molecule has 0 radical (unpaired) electrons. The van der Waals surface area contributed by atoms with Crippen molar-refractivity contribution < 1.29 is 4.74 Å². The Morgan fingerprint density at radius 3 is 2.57 bits per heavy atom. The van der Waals surface area contributed by atoms with Crippen molar-refractivity contribution in [1.82, 2.24) is 4.90 Å². The third-order valence-electron chi connectivity index (χ3n) is 5.15. The molecule has 2 fully saturated rings. The molecule has 2 aliphatic heterocycles. The van der Waals surface area contributed by atoms with Crippen molar-refractivity contribution in [2.45, 2.75) is 52.0 Å². The second-order valence-electron chi connectivity index (χ2n) is 6.80. The van der Waals surface area contributed by atoms with Crippen LogP contribution >= 0.6 is 0 Å². The number of ether oxygens (including phenoxy) is 1. The Kier molecular flexibility index (Phi) is 4.39. The van der Waals surface area contributed by atoms with Crippen LogP contribution in [0.5, 0.6) is 5.75 Å². The SMILES string of the molecule is Cc1cc(N)cc(C)c1OC[C@H]1CCCN2CCCC[C@H]12. The van der Waals surface area contributed by atoms with E-state index in [4.69, 9.17) is 10.5 Å². The van der Waals surface area contributed by atoms with Crippen molar-refractivity contribution in [3.8, 4) is 5.75 Å². The van der Waals surface area contributed by atoms with Crippen molar-refractivity contribution in [2.24, 2.45) is 5.92 Å². The first-order valence-corrected chi connectivity index (χ1v) is 8.38. The van der Waals surface area contributed by atoms with Gasteiger partial charge in [-0.2, -0.15) is 0 Å². The Morgan fingerprint density at radius 2 is 1.81 bits per heavy atom. The summed E-state index contributed by atoms with van der Waals surface area (Å²) in [6, 6.07) is 4.77. The predicted molar refractivity (Wildman–Crippen MR) is 87.8 cm³/mol. The van der Waals surface area contributed by atoms with Gasteiger partial charge in [-0.05, 0) is 75.9 Å². The average Bonchev–Trinajstić information content (AvgIpc) is 2.46. The molecule has 0 amide bonds. The molecule has 116 valence electrons. The Balaban J connectivity index is 1.67. The van der Waals surface area contributed by atoms with Gasteiger partial charge in [0, 0.05) is 17.6 Å². The van der Waals surface area contributed by atoms with E-state index in [1.807, 2.05) is 12.1 Å². The lowest BCUT2D eigenvalue weighted by molar-refractivity contribution is 0.0363. The van der Waals surface area contributed by atoms with E-state index in [2.05, 4.69) is 18.7 Å². The molecule has 1 aromatic rings. The van der Waals surface area contributed by atoms with E-state index in [0.29, 0.717) is 5.92 Å². The minimum atomic E-state index is 0.690. The van der Waals surface area contributed by atoms with Crippen molar-refractivity contribution in [3.63, 3.8) is 0 Å². The summed E-state index contributed by atoms with van der Waals surface area (Å²) in [6.07, 6.45) is 6.75. The molecule has 2 N–H and O–H groups in total. The lowest BCUT2D eigenvalue weighted by Crippen LogP contribution is -2.49.